The van der Waals surface area contributed by atoms with Crippen molar-refractivity contribution in [2.45, 2.75) is 13.3 Å². The molecule has 0 bridgehead atoms. The van der Waals surface area contributed by atoms with E-state index in [1.165, 1.54) is 0 Å². The zero-order valence-electron chi connectivity index (χ0n) is 8.76. The summed E-state index contributed by atoms with van der Waals surface area (Å²) in [5.74, 6) is -1.48. The molecule has 0 spiro atoms. The van der Waals surface area contributed by atoms with Crippen molar-refractivity contribution in [3.05, 3.63) is 0 Å². The molecule has 0 fully saturated rings. The highest BCUT2D eigenvalue weighted by molar-refractivity contribution is 7.89. The highest BCUT2D eigenvalue weighted by Gasteiger charge is 2.23. The molecule has 0 atom stereocenters. The van der Waals surface area contributed by atoms with E-state index in [9.17, 15) is 13.2 Å². The Kier molecular flexibility index (Phi) is 5.89. The minimum Gasteiger partial charge on any atom is -0.468 e. The number of nitrogens with zero attached hydrogens (tertiary/aromatic N) is 2. The molecule has 0 unspecified atom stereocenters. The van der Waals surface area contributed by atoms with Crippen LogP contribution in [-0.4, -0.2) is 44.6 Å². The van der Waals surface area contributed by atoms with Crippen molar-refractivity contribution >= 4 is 16.0 Å². The number of carbonyl (C=O) groups excluding carboxylic acids is 1. The molecule has 7 heteroatoms. The minimum absolute atomic E-state index is 0.103. The third kappa shape index (κ3) is 4.76. The second-order valence-corrected chi connectivity index (χ2v) is 4.70. The molecule has 6 nitrogen and oxygen atoms in total. The van der Waals surface area contributed by atoms with E-state index in [0.717, 1.165) is 11.4 Å². The molecule has 0 amide bonds. The van der Waals surface area contributed by atoms with Gasteiger partial charge < -0.3 is 4.74 Å². The summed E-state index contributed by atoms with van der Waals surface area (Å²) in [6.07, 6.45) is 0.105. The number of rotatable bonds is 6. The number of carbonyl (C=O) groups is 1. The average Bonchev–Trinajstić information content (AvgIpc) is 2.17. The molecule has 0 aromatic rings. The molecule has 0 aliphatic heterocycles. The Morgan fingerprint density at radius 1 is 1.53 bits per heavy atom. The Labute approximate surface area is 89.5 Å². The SMILES string of the molecule is CCN(CCC#N)S(=O)(=O)CC(=O)OC. The van der Waals surface area contributed by atoms with Gasteiger partial charge in [-0.15, -0.1) is 0 Å². The molecule has 0 radical (unpaired) electrons. The van der Waals surface area contributed by atoms with E-state index in [4.69, 9.17) is 5.26 Å². The molecular formula is C8H14N2O4S. The molecule has 0 heterocycles. The smallest absolute Gasteiger partial charge is 0.322 e. The highest BCUT2D eigenvalue weighted by atomic mass is 32.2. The van der Waals surface area contributed by atoms with E-state index in [1.807, 2.05) is 6.07 Å². The van der Waals surface area contributed by atoms with Crippen LogP contribution in [0.4, 0.5) is 0 Å². The van der Waals surface area contributed by atoms with Crippen molar-refractivity contribution in [2.24, 2.45) is 0 Å². The summed E-state index contributed by atoms with van der Waals surface area (Å²) in [6, 6.07) is 1.85. The maximum absolute atomic E-state index is 11.6. The number of hydrogen-bond acceptors (Lipinski definition) is 5. The van der Waals surface area contributed by atoms with Gasteiger partial charge in [0.05, 0.1) is 13.2 Å². The van der Waals surface area contributed by atoms with Gasteiger partial charge in [-0.1, -0.05) is 6.92 Å². The Morgan fingerprint density at radius 2 is 2.13 bits per heavy atom. The fraction of sp³-hybridized carbons (Fsp3) is 0.750. The first-order chi connectivity index (χ1) is 6.97. The molecule has 0 saturated carbocycles. The van der Waals surface area contributed by atoms with Gasteiger partial charge in [0.1, 0.15) is 0 Å². The van der Waals surface area contributed by atoms with Crippen molar-refractivity contribution in [3.63, 3.8) is 0 Å². The summed E-state index contributed by atoms with van der Waals surface area (Å²) in [5.41, 5.74) is 0. The molecule has 0 aromatic carbocycles. The van der Waals surface area contributed by atoms with E-state index in [2.05, 4.69) is 4.74 Å². The van der Waals surface area contributed by atoms with Crippen molar-refractivity contribution in [1.82, 2.24) is 4.31 Å². The lowest BCUT2D eigenvalue weighted by Gasteiger charge is -2.17. The third-order valence-corrected chi connectivity index (χ3v) is 3.58. The highest BCUT2D eigenvalue weighted by Crippen LogP contribution is 2.02. The van der Waals surface area contributed by atoms with E-state index < -0.39 is 21.7 Å². The Bertz CT molecular complexity index is 344. The molecule has 0 saturated heterocycles. The van der Waals surface area contributed by atoms with E-state index in [-0.39, 0.29) is 19.5 Å². The van der Waals surface area contributed by atoms with Crippen molar-refractivity contribution in [1.29, 1.82) is 5.26 Å². The lowest BCUT2D eigenvalue weighted by molar-refractivity contribution is -0.137. The summed E-state index contributed by atoms with van der Waals surface area (Å²) in [5, 5.41) is 8.34. The van der Waals surface area contributed by atoms with Gasteiger partial charge in [-0.3, -0.25) is 4.79 Å². The summed E-state index contributed by atoms with van der Waals surface area (Å²) in [7, 11) is -2.52. The molecule has 86 valence electrons. The van der Waals surface area contributed by atoms with Gasteiger partial charge in [-0.2, -0.15) is 5.26 Å². The van der Waals surface area contributed by atoms with Gasteiger partial charge in [-0.05, 0) is 0 Å². The largest absolute Gasteiger partial charge is 0.468 e. The molecule has 15 heavy (non-hydrogen) atoms. The minimum atomic E-state index is -3.65. The van der Waals surface area contributed by atoms with Crippen LogP contribution in [0.15, 0.2) is 0 Å². The van der Waals surface area contributed by atoms with Gasteiger partial charge in [0.2, 0.25) is 10.0 Å². The predicted octanol–water partition coefficient (Wildman–Crippen LogP) is -0.275. The molecule has 0 aliphatic rings. The Morgan fingerprint density at radius 3 is 2.53 bits per heavy atom. The van der Waals surface area contributed by atoms with E-state index >= 15 is 0 Å². The lowest BCUT2D eigenvalue weighted by Crippen LogP contribution is -2.36. The van der Waals surface area contributed by atoms with Crippen LogP contribution in [0.25, 0.3) is 0 Å². The van der Waals surface area contributed by atoms with Crippen LogP contribution in [-0.2, 0) is 19.6 Å². The van der Waals surface area contributed by atoms with Gasteiger partial charge in [0, 0.05) is 19.5 Å². The van der Waals surface area contributed by atoms with Crippen LogP contribution < -0.4 is 0 Å². The van der Waals surface area contributed by atoms with Crippen molar-refractivity contribution in [3.8, 4) is 6.07 Å². The van der Waals surface area contributed by atoms with Crippen LogP contribution in [0.1, 0.15) is 13.3 Å². The zero-order valence-corrected chi connectivity index (χ0v) is 9.58. The van der Waals surface area contributed by atoms with Crippen LogP contribution in [0.3, 0.4) is 0 Å². The average molecular weight is 234 g/mol. The summed E-state index contributed by atoms with van der Waals surface area (Å²) >= 11 is 0. The first kappa shape index (κ1) is 13.9. The molecule has 0 N–H and O–H groups in total. The van der Waals surface area contributed by atoms with Crippen molar-refractivity contribution < 1.29 is 17.9 Å². The molecular weight excluding hydrogens is 220 g/mol. The fourth-order valence-corrected chi connectivity index (χ4v) is 2.33. The predicted molar refractivity (Wildman–Crippen MR) is 53.3 cm³/mol. The number of nitriles is 1. The standard InChI is InChI=1S/C8H14N2O4S/c1-3-10(6-4-5-9)15(12,13)7-8(11)14-2/h3-4,6-7H2,1-2H3. The van der Waals surface area contributed by atoms with Gasteiger partial charge in [0.15, 0.2) is 5.75 Å². The van der Waals surface area contributed by atoms with Gasteiger partial charge in [0.25, 0.3) is 0 Å². The quantitative estimate of drug-likeness (QED) is 0.590. The van der Waals surface area contributed by atoms with Crippen LogP contribution >= 0.6 is 0 Å². The maximum Gasteiger partial charge on any atom is 0.322 e. The van der Waals surface area contributed by atoms with E-state index in [0.29, 0.717) is 0 Å². The molecule has 0 aromatic heterocycles. The zero-order chi connectivity index (χ0) is 11.9. The van der Waals surface area contributed by atoms with Crippen LogP contribution in [0, 0.1) is 11.3 Å². The summed E-state index contributed by atoms with van der Waals surface area (Å²) in [6.45, 7) is 1.99. The second-order valence-electron chi connectivity index (χ2n) is 2.73. The summed E-state index contributed by atoms with van der Waals surface area (Å²) in [4.78, 5) is 10.8. The number of sulfonamides is 1. The number of esters is 1. The fourth-order valence-electron chi connectivity index (χ4n) is 0.968. The monoisotopic (exact) mass is 234 g/mol. The first-order valence-electron chi connectivity index (χ1n) is 4.39. The normalized spacial score (nSPS) is 11.1. The third-order valence-electron chi connectivity index (χ3n) is 1.75. The molecule has 0 aliphatic carbocycles. The van der Waals surface area contributed by atoms with E-state index in [1.54, 1.807) is 6.92 Å². The Hall–Kier alpha value is -1.13. The molecule has 0 rings (SSSR count). The number of methoxy groups -OCH3 is 1. The first-order valence-corrected chi connectivity index (χ1v) is 6.00. The lowest BCUT2D eigenvalue weighted by atomic mass is 10.5. The van der Waals surface area contributed by atoms with Gasteiger partial charge >= 0.3 is 5.97 Å². The number of ether oxygens (including phenoxy) is 1. The van der Waals surface area contributed by atoms with Crippen molar-refractivity contribution in [2.75, 3.05) is 26.0 Å². The maximum atomic E-state index is 11.6. The van der Waals surface area contributed by atoms with Crippen LogP contribution in [0.5, 0.6) is 0 Å². The summed E-state index contributed by atoms with van der Waals surface area (Å²) < 4.78 is 28.5. The number of hydrogen-bond donors (Lipinski definition) is 0. The topological polar surface area (TPSA) is 87.5 Å². The second kappa shape index (κ2) is 6.37. The van der Waals surface area contributed by atoms with Crippen LogP contribution in [0.2, 0.25) is 0 Å². The Balaban J connectivity index is 4.53. The van der Waals surface area contributed by atoms with Gasteiger partial charge in [-0.25, -0.2) is 12.7 Å².